The second-order valence-corrected chi connectivity index (χ2v) is 6.87. The van der Waals surface area contributed by atoms with Gasteiger partial charge >= 0.3 is 0 Å². The first-order valence-corrected chi connectivity index (χ1v) is 8.94. The summed E-state index contributed by atoms with van der Waals surface area (Å²) in [5.41, 5.74) is 1.58. The van der Waals surface area contributed by atoms with Crippen molar-refractivity contribution in [3.8, 4) is 0 Å². The minimum absolute atomic E-state index is 0.00260. The molecule has 5 nitrogen and oxygen atoms in total. The first-order chi connectivity index (χ1) is 12.1. The second-order valence-electron chi connectivity index (χ2n) is 6.87. The van der Waals surface area contributed by atoms with Crippen molar-refractivity contribution in [2.24, 2.45) is 5.92 Å². The highest BCUT2D eigenvalue weighted by Gasteiger charge is 2.27. The Morgan fingerprint density at radius 2 is 2.20 bits per heavy atom. The van der Waals surface area contributed by atoms with E-state index in [-0.39, 0.29) is 17.6 Å². The average Bonchev–Trinajstić information content (AvgIpc) is 2.61. The zero-order valence-electron chi connectivity index (χ0n) is 14.7. The quantitative estimate of drug-likeness (QED) is 0.821. The minimum Gasteiger partial charge on any atom is -0.384 e. The molecule has 0 aliphatic carbocycles. The molecule has 6 heteroatoms. The Balaban J connectivity index is 1.61. The van der Waals surface area contributed by atoms with E-state index in [4.69, 9.17) is 4.74 Å². The number of hydrogen-bond donors (Lipinski definition) is 0. The molecular weight excluding hydrogens is 323 g/mol. The first-order valence-electron chi connectivity index (χ1n) is 8.94. The van der Waals surface area contributed by atoms with Crippen LogP contribution >= 0.6 is 0 Å². The van der Waals surface area contributed by atoms with Gasteiger partial charge in [0, 0.05) is 45.3 Å². The zero-order valence-corrected chi connectivity index (χ0v) is 14.7. The van der Waals surface area contributed by atoms with E-state index >= 15 is 0 Å². The molecule has 1 saturated heterocycles. The van der Waals surface area contributed by atoms with Gasteiger partial charge in [0.15, 0.2) is 0 Å². The lowest BCUT2D eigenvalue weighted by atomic mass is 9.98. The molecule has 0 spiro atoms. The van der Waals surface area contributed by atoms with Crippen molar-refractivity contribution in [1.82, 2.24) is 4.90 Å². The molecule has 3 rings (SSSR count). The van der Waals surface area contributed by atoms with Gasteiger partial charge in [0.25, 0.3) is 0 Å². The Hall–Kier alpha value is -1.95. The van der Waals surface area contributed by atoms with Gasteiger partial charge < -0.3 is 14.5 Å². The predicted molar refractivity (Wildman–Crippen MR) is 92.9 cm³/mol. The Labute approximate surface area is 147 Å². The molecule has 1 aromatic rings. The van der Waals surface area contributed by atoms with Crippen LogP contribution in [0.4, 0.5) is 10.1 Å². The van der Waals surface area contributed by atoms with Gasteiger partial charge in [-0.05, 0) is 48.9 Å². The number of piperidine rings is 1. The zero-order chi connectivity index (χ0) is 17.8. The SMILES string of the molecule is COC[C@@H]1CCCN(C(=O)CCN2C(=O)CCc3cc(F)ccc32)C1. The molecule has 0 N–H and O–H groups in total. The van der Waals surface area contributed by atoms with Crippen molar-refractivity contribution in [3.05, 3.63) is 29.6 Å². The highest BCUT2D eigenvalue weighted by molar-refractivity contribution is 5.97. The molecule has 0 aromatic heterocycles. The van der Waals surface area contributed by atoms with E-state index in [1.54, 1.807) is 18.1 Å². The van der Waals surface area contributed by atoms with E-state index in [1.165, 1.54) is 12.1 Å². The number of anilines is 1. The number of hydrogen-bond acceptors (Lipinski definition) is 3. The van der Waals surface area contributed by atoms with Gasteiger partial charge in [-0.3, -0.25) is 9.59 Å². The summed E-state index contributed by atoms with van der Waals surface area (Å²) in [6.45, 7) is 2.52. The highest BCUT2D eigenvalue weighted by Crippen LogP contribution is 2.28. The van der Waals surface area contributed by atoms with E-state index in [1.807, 2.05) is 4.90 Å². The van der Waals surface area contributed by atoms with Crippen molar-refractivity contribution in [1.29, 1.82) is 0 Å². The Kier molecular flexibility index (Phi) is 5.68. The van der Waals surface area contributed by atoms with Gasteiger partial charge in [-0.1, -0.05) is 0 Å². The maximum Gasteiger partial charge on any atom is 0.227 e. The third-order valence-electron chi connectivity index (χ3n) is 5.06. The molecule has 0 radical (unpaired) electrons. The van der Waals surface area contributed by atoms with E-state index in [2.05, 4.69) is 0 Å². The van der Waals surface area contributed by atoms with Crippen LogP contribution in [0, 0.1) is 11.7 Å². The summed E-state index contributed by atoms with van der Waals surface area (Å²) in [7, 11) is 1.68. The lowest BCUT2D eigenvalue weighted by molar-refractivity contribution is -0.133. The molecule has 0 saturated carbocycles. The number of ether oxygens (including phenoxy) is 1. The number of fused-ring (bicyclic) bond motifs is 1. The molecule has 136 valence electrons. The van der Waals surface area contributed by atoms with Crippen LogP contribution < -0.4 is 4.90 Å². The molecule has 1 atom stereocenters. The maximum absolute atomic E-state index is 13.4. The Bertz CT molecular complexity index is 648. The number of rotatable bonds is 5. The standard InChI is InChI=1S/C19H25FN2O3/c1-25-13-14-3-2-9-21(12-14)18(23)8-10-22-17-6-5-16(20)11-15(17)4-7-19(22)24/h5-6,11,14H,2-4,7-10,12-13H2,1H3/t14-/m1/s1. The molecule has 0 unspecified atom stereocenters. The van der Waals surface area contributed by atoms with Gasteiger partial charge in [0.05, 0.1) is 6.61 Å². The van der Waals surface area contributed by atoms with E-state index in [0.29, 0.717) is 38.3 Å². The van der Waals surface area contributed by atoms with Crippen LogP contribution in [0.1, 0.15) is 31.2 Å². The van der Waals surface area contributed by atoms with E-state index < -0.39 is 0 Å². The largest absolute Gasteiger partial charge is 0.384 e. The van der Waals surface area contributed by atoms with Gasteiger partial charge in [-0.25, -0.2) is 4.39 Å². The number of benzene rings is 1. The number of halogens is 1. The summed E-state index contributed by atoms with van der Waals surface area (Å²) in [5, 5.41) is 0. The van der Waals surface area contributed by atoms with Crippen molar-refractivity contribution >= 4 is 17.5 Å². The molecule has 2 aliphatic rings. The number of amides is 2. The van der Waals surface area contributed by atoms with Crippen molar-refractivity contribution in [2.75, 3.05) is 38.3 Å². The van der Waals surface area contributed by atoms with Gasteiger partial charge in [-0.15, -0.1) is 0 Å². The Morgan fingerprint density at radius 1 is 1.36 bits per heavy atom. The summed E-state index contributed by atoms with van der Waals surface area (Å²) in [6, 6.07) is 4.49. The van der Waals surface area contributed by atoms with Crippen LogP contribution in [-0.2, 0) is 20.7 Å². The smallest absolute Gasteiger partial charge is 0.227 e. The van der Waals surface area contributed by atoms with Crippen molar-refractivity contribution in [2.45, 2.75) is 32.1 Å². The van der Waals surface area contributed by atoms with Gasteiger partial charge in [0.1, 0.15) is 5.82 Å². The fourth-order valence-corrected chi connectivity index (χ4v) is 3.80. The summed E-state index contributed by atoms with van der Waals surface area (Å²) in [6.07, 6.45) is 3.29. The number of likely N-dealkylation sites (tertiary alicyclic amines) is 1. The van der Waals surface area contributed by atoms with E-state index in [9.17, 15) is 14.0 Å². The highest BCUT2D eigenvalue weighted by atomic mass is 19.1. The monoisotopic (exact) mass is 348 g/mol. The predicted octanol–water partition coefficient (Wildman–Crippen LogP) is 2.38. The lowest BCUT2D eigenvalue weighted by Crippen LogP contribution is -2.43. The van der Waals surface area contributed by atoms with Crippen molar-refractivity contribution < 1.29 is 18.7 Å². The van der Waals surface area contributed by atoms with Crippen LogP contribution in [0.5, 0.6) is 0 Å². The van der Waals surface area contributed by atoms with Crippen LogP contribution in [0.25, 0.3) is 0 Å². The van der Waals surface area contributed by atoms with Crippen LogP contribution in [0.3, 0.4) is 0 Å². The third-order valence-corrected chi connectivity index (χ3v) is 5.06. The number of methoxy groups -OCH3 is 1. The maximum atomic E-state index is 13.4. The second kappa shape index (κ2) is 7.95. The average molecular weight is 348 g/mol. The molecule has 2 amide bonds. The normalized spacial score (nSPS) is 20.6. The third kappa shape index (κ3) is 4.18. The minimum atomic E-state index is -0.290. The topological polar surface area (TPSA) is 49.9 Å². The molecular formula is C19H25FN2O3. The fourth-order valence-electron chi connectivity index (χ4n) is 3.80. The number of aryl methyl sites for hydroxylation is 1. The van der Waals surface area contributed by atoms with Gasteiger partial charge in [-0.2, -0.15) is 0 Å². The lowest BCUT2D eigenvalue weighted by Gasteiger charge is -2.34. The molecule has 1 aromatic carbocycles. The first kappa shape index (κ1) is 17.9. The fraction of sp³-hybridized carbons (Fsp3) is 0.579. The summed E-state index contributed by atoms with van der Waals surface area (Å²) < 4.78 is 18.6. The van der Waals surface area contributed by atoms with E-state index in [0.717, 1.165) is 37.2 Å². The number of nitrogens with zero attached hydrogens (tertiary/aromatic N) is 2. The molecule has 1 fully saturated rings. The van der Waals surface area contributed by atoms with Crippen LogP contribution in [0.15, 0.2) is 18.2 Å². The Morgan fingerprint density at radius 3 is 3.00 bits per heavy atom. The van der Waals surface area contributed by atoms with Gasteiger partial charge in [0.2, 0.25) is 11.8 Å². The molecule has 0 bridgehead atoms. The molecule has 2 aliphatic heterocycles. The molecule has 2 heterocycles. The summed E-state index contributed by atoms with van der Waals surface area (Å²) >= 11 is 0. The van der Waals surface area contributed by atoms with Crippen LogP contribution in [0.2, 0.25) is 0 Å². The molecule has 25 heavy (non-hydrogen) atoms. The number of carbonyl (C=O) groups is 2. The number of carbonyl (C=O) groups excluding carboxylic acids is 2. The summed E-state index contributed by atoms with van der Waals surface area (Å²) in [5.74, 6) is 0.176. The van der Waals surface area contributed by atoms with Crippen molar-refractivity contribution in [3.63, 3.8) is 0 Å². The van der Waals surface area contributed by atoms with Crippen LogP contribution in [-0.4, -0.2) is 50.1 Å². The summed E-state index contributed by atoms with van der Waals surface area (Å²) in [4.78, 5) is 28.3.